The highest BCUT2D eigenvalue weighted by molar-refractivity contribution is 7.98. The van der Waals surface area contributed by atoms with Gasteiger partial charge in [-0.05, 0) is 48.3 Å². The predicted octanol–water partition coefficient (Wildman–Crippen LogP) is 3.93. The van der Waals surface area contributed by atoms with Crippen molar-refractivity contribution in [3.8, 4) is 0 Å². The van der Waals surface area contributed by atoms with E-state index in [0.717, 1.165) is 5.92 Å². The second-order valence-corrected chi connectivity index (χ2v) is 4.40. The van der Waals surface area contributed by atoms with Gasteiger partial charge in [-0.2, -0.15) is 0 Å². The van der Waals surface area contributed by atoms with Crippen LogP contribution in [0.2, 0.25) is 0 Å². The first-order valence-electron chi connectivity index (χ1n) is 4.65. The molecular weight excluding hydrogens is 176 g/mol. The van der Waals surface area contributed by atoms with E-state index in [9.17, 15) is 0 Å². The summed E-state index contributed by atoms with van der Waals surface area (Å²) in [5.74, 6) is 0.839. The second kappa shape index (κ2) is 3.59. The fraction of sp³-hybridized carbons (Fsp3) is 0.333. The minimum atomic E-state index is 0.839. The average molecular weight is 190 g/mol. The van der Waals surface area contributed by atoms with E-state index in [2.05, 4.69) is 31.0 Å². The van der Waals surface area contributed by atoms with Crippen LogP contribution in [0.1, 0.15) is 29.9 Å². The maximum atomic E-state index is 3.82. The van der Waals surface area contributed by atoms with Crippen LogP contribution in [0.4, 0.5) is 0 Å². The molecule has 0 amide bonds. The quantitative estimate of drug-likeness (QED) is 0.651. The standard InChI is InChI=1S/C12H14S/c1-3-9-6-11(10-4-5-10)8-12(7-9)13-2/h3,6-8,10H,1,4-5H2,2H3. The minimum Gasteiger partial charge on any atom is -0.130 e. The van der Waals surface area contributed by atoms with Crippen molar-refractivity contribution in [3.05, 3.63) is 35.9 Å². The van der Waals surface area contributed by atoms with Crippen LogP contribution in [-0.2, 0) is 0 Å². The molecule has 1 fully saturated rings. The van der Waals surface area contributed by atoms with E-state index < -0.39 is 0 Å². The van der Waals surface area contributed by atoms with Crippen molar-refractivity contribution >= 4 is 17.8 Å². The Morgan fingerprint density at radius 3 is 2.69 bits per heavy atom. The van der Waals surface area contributed by atoms with Crippen molar-refractivity contribution in [1.82, 2.24) is 0 Å². The molecule has 0 unspecified atom stereocenters. The van der Waals surface area contributed by atoms with Gasteiger partial charge in [0.05, 0.1) is 0 Å². The Hall–Kier alpha value is -0.690. The molecule has 1 aromatic carbocycles. The van der Waals surface area contributed by atoms with Gasteiger partial charge in [-0.15, -0.1) is 11.8 Å². The topological polar surface area (TPSA) is 0 Å². The molecule has 0 radical (unpaired) electrons. The van der Waals surface area contributed by atoms with Gasteiger partial charge in [0, 0.05) is 4.90 Å². The molecule has 1 heteroatoms. The molecule has 0 nitrogen and oxygen atoms in total. The van der Waals surface area contributed by atoms with Gasteiger partial charge in [0.25, 0.3) is 0 Å². The monoisotopic (exact) mass is 190 g/mol. The lowest BCUT2D eigenvalue weighted by atomic mass is 10.1. The van der Waals surface area contributed by atoms with Gasteiger partial charge in [-0.1, -0.05) is 18.7 Å². The molecule has 0 aromatic heterocycles. The molecule has 1 aliphatic rings. The lowest BCUT2D eigenvalue weighted by Crippen LogP contribution is -1.83. The van der Waals surface area contributed by atoms with E-state index in [4.69, 9.17) is 0 Å². The van der Waals surface area contributed by atoms with E-state index in [0.29, 0.717) is 0 Å². The first-order chi connectivity index (χ1) is 6.33. The summed E-state index contributed by atoms with van der Waals surface area (Å²) in [5, 5.41) is 0. The van der Waals surface area contributed by atoms with Crippen LogP contribution in [0.15, 0.2) is 29.7 Å². The Bertz CT molecular complexity index is 324. The van der Waals surface area contributed by atoms with Crippen LogP contribution in [0.3, 0.4) is 0 Å². The zero-order valence-electron chi connectivity index (χ0n) is 7.92. The molecule has 0 spiro atoms. The summed E-state index contributed by atoms with van der Waals surface area (Å²) in [6.45, 7) is 3.82. The van der Waals surface area contributed by atoms with Gasteiger partial charge >= 0.3 is 0 Å². The van der Waals surface area contributed by atoms with Crippen LogP contribution >= 0.6 is 11.8 Å². The highest BCUT2D eigenvalue weighted by atomic mass is 32.2. The molecule has 68 valence electrons. The number of thioether (sulfide) groups is 1. The fourth-order valence-corrected chi connectivity index (χ4v) is 2.04. The average Bonchev–Trinajstić information content (AvgIpc) is 3.00. The van der Waals surface area contributed by atoms with Gasteiger partial charge in [0.1, 0.15) is 0 Å². The summed E-state index contributed by atoms with van der Waals surface area (Å²) in [6.07, 6.45) is 6.80. The molecule has 0 heterocycles. The molecule has 0 saturated heterocycles. The van der Waals surface area contributed by atoms with Crippen LogP contribution in [-0.4, -0.2) is 6.26 Å². The smallest absolute Gasteiger partial charge is 0.00779 e. The Morgan fingerprint density at radius 1 is 1.38 bits per heavy atom. The molecule has 0 bridgehead atoms. The van der Waals surface area contributed by atoms with Crippen LogP contribution in [0, 0.1) is 0 Å². The molecule has 2 rings (SSSR count). The van der Waals surface area contributed by atoms with E-state index in [1.54, 1.807) is 0 Å². The molecular formula is C12H14S. The van der Waals surface area contributed by atoms with Crippen molar-refractivity contribution < 1.29 is 0 Å². The first kappa shape index (κ1) is 8.89. The Kier molecular flexibility index (Phi) is 2.45. The summed E-state index contributed by atoms with van der Waals surface area (Å²) < 4.78 is 0. The first-order valence-corrected chi connectivity index (χ1v) is 5.87. The maximum Gasteiger partial charge on any atom is 0.00779 e. The van der Waals surface area contributed by atoms with Crippen LogP contribution in [0.25, 0.3) is 6.08 Å². The normalized spacial score (nSPS) is 15.8. The third-order valence-electron chi connectivity index (χ3n) is 2.47. The highest BCUT2D eigenvalue weighted by Gasteiger charge is 2.23. The fourth-order valence-electron chi connectivity index (χ4n) is 1.53. The maximum absolute atomic E-state index is 3.82. The van der Waals surface area contributed by atoms with Crippen molar-refractivity contribution in [2.75, 3.05) is 6.26 Å². The zero-order valence-corrected chi connectivity index (χ0v) is 8.73. The van der Waals surface area contributed by atoms with Gasteiger partial charge < -0.3 is 0 Å². The van der Waals surface area contributed by atoms with Crippen molar-refractivity contribution in [1.29, 1.82) is 0 Å². The SMILES string of the molecule is C=Cc1cc(SC)cc(C2CC2)c1. The molecule has 0 N–H and O–H groups in total. The van der Waals surface area contributed by atoms with E-state index in [-0.39, 0.29) is 0 Å². The lowest BCUT2D eigenvalue weighted by Gasteiger charge is -2.04. The summed E-state index contributed by atoms with van der Waals surface area (Å²) in [4.78, 5) is 1.36. The van der Waals surface area contributed by atoms with Crippen molar-refractivity contribution in [2.45, 2.75) is 23.7 Å². The van der Waals surface area contributed by atoms with E-state index >= 15 is 0 Å². The van der Waals surface area contributed by atoms with E-state index in [1.807, 2.05) is 17.8 Å². The van der Waals surface area contributed by atoms with Gasteiger partial charge in [0.15, 0.2) is 0 Å². The molecule has 13 heavy (non-hydrogen) atoms. The summed E-state index contributed by atoms with van der Waals surface area (Å²) in [6, 6.07) is 6.78. The highest BCUT2D eigenvalue weighted by Crippen LogP contribution is 2.41. The van der Waals surface area contributed by atoms with Gasteiger partial charge in [-0.3, -0.25) is 0 Å². The summed E-state index contributed by atoms with van der Waals surface area (Å²) >= 11 is 1.81. The Labute approximate surface area is 84.0 Å². The third kappa shape index (κ3) is 1.97. The number of hydrogen-bond donors (Lipinski definition) is 0. The summed E-state index contributed by atoms with van der Waals surface area (Å²) in [7, 11) is 0. The van der Waals surface area contributed by atoms with Crippen molar-refractivity contribution in [3.63, 3.8) is 0 Å². The number of benzene rings is 1. The Balaban J connectivity index is 2.38. The molecule has 0 aliphatic heterocycles. The zero-order chi connectivity index (χ0) is 9.26. The molecule has 1 saturated carbocycles. The van der Waals surface area contributed by atoms with Gasteiger partial charge in [-0.25, -0.2) is 0 Å². The second-order valence-electron chi connectivity index (χ2n) is 3.52. The summed E-state index contributed by atoms with van der Waals surface area (Å²) in [5.41, 5.74) is 2.76. The molecule has 1 aromatic rings. The van der Waals surface area contributed by atoms with Crippen LogP contribution < -0.4 is 0 Å². The number of hydrogen-bond acceptors (Lipinski definition) is 1. The molecule has 0 atom stereocenters. The van der Waals surface area contributed by atoms with E-state index in [1.165, 1.54) is 28.9 Å². The Morgan fingerprint density at radius 2 is 2.15 bits per heavy atom. The number of rotatable bonds is 3. The predicted molar refractivity (Wildman–Crippen MR) is 60.3 cm³/mol. The van der Waals surface area contributed by atoms with Crippen LogP contribution in [0.5, 0.6) is 0 Å². The van der Waals surface area contributed by atoms with Gasteiger partial charge in [0.2, 0.25) is 0 Å². The largest absolute Gasteiger partial charge is 0.130 e. The third-order valence-corrected chi connectivity index (χ3v) is 3.18. The minimum absolute atomic E-state index is 0.839. The lowest BCUT2D eigenvalue weighted by molar-refractivity contribution is 1.11. The van der Waals surface area contributed by atoms with Crippen molar-refractivity contribution in [2.24, 2.45) is 0 Å². The molecule has 1 aliphatic carbocycles.